The first-order valence-electron chi connectivity index (χ1n) is 9.22. The Labute approximate surface area is 158 Å². The Morgan fingerprint density at radius 1 is 1.30 bits per heavy atom. The number of benzene rings is 1. The number of amides is 1. The second kappa shape index (κ2) is 8.73. The molecule has 0 radical (unpaired) electrons. The van der Waals surface area contributed by atoms with Crippen LogP contribution >= 0.6 is 0 Å². The summed E-state index contributed by atoms with van der Waals surface area (Å²) in [6, 6.07) is 10.2. The summed E-state index contributed by atoms with van der Waals surface area (Å²) in [5.74, 6) is -0.665. The van der Waals surface area contributed by atoms with Gasteiger partial charge in [0, 0.05) is 11.8 Å². The van der Waals surface area contributed by atoms with Crippen LogP contribution in [0.1, 0.15) is 29.9 Å². The Kier molecular flexibility index (Phi) is 6.13. The molecular weight excluding hydrogens is 345 g/mol. The van der Waals surface area contributed by atoms with Crippen molar-refractivity contribution in [2.75, 3.05) is 37.6 Å². The van der Waals surface area contributed by atoms with Gasteiger partial charge in [0.1, 0.15) is 11.5 Å². The Hall–Kier alpha value is -2.80. The molecule has 142 valence electrons. The molecule has 2 heterocycles. The molecule has 1 aromatic carbocycles. The minimum Gasteiger partial charge on any atom is -0.358 e. The Morgan fingerprint density at radius 3 is 2.70 bits per heavy atom. The van der Waals surface area contributed by atoms with Gasteiger partial charge in [0.2, 0.25) is 0 Å². The summed E-state index contributed by atoms with van der Waals surface area (Å²) in [5, 5.41) is 4.07. The molecule has 0 spiro atoms. The van der Waals surface area contributed by atoms with E-state index in [0.29, 0.717) is 17.0 Å². The second-order valence-electron chi connectivity index (χ2n) is 6.61. The lowest BCUT2D eigenvalue weighted by molar-refractivity contribution is -0.898. The predicted molar refractivity (Wildman–Crippen MR) is 104 cm³/mol. The largest absolute Gasteiger partial charge is 0.358 e. The van der Waals surface area contributed by atoms with Crippen LogP contribution in [0.3, 0.4) is 0 Å². The number of halogens is 1. The van der Waals surface area contributed by atoms with Gasteiger partial charge >= 0.3 is 0 Å². The van der Waals surface area contributed by atoms with Gasteiger partial charge in [-0.25, -0.2) is 9.82 Å². The van der Waals surface area contributed by atoms with Crippen molar-refractivity contribution in [1.29, 1.82) is 0 Å². The number of hydrogen-bond donors (Lipinski definition) is 2. The van der Waals surface area contributed by atoms with Crippen molar-refractivity contribution in [3.63, 3.8) is 0 Å². The molecule has 1 fully saturated rings. The first-order chi connectivity index (χ1) is 13.1. The Bertz CT molecular complexity index is 816. The molecule has 2 aromatic rings. The maximum atomic E-state index is 14.6. The topological polar surface area (TPSA) is 62.0 Å². The number of nitrogens with zero attached hydrogens (tertiary/aromatic N) is 3. The lowest BCUT2D eigenvalue weighted by atomic mass is 10.1. The monoisotopic (exact) mass is 370 g/mol. The van der Waals surface area contributed by atoms with E-state index in [-0.39, 0.29) is 11.5 Å². The summed E-state index contributed by atoms with van der Waals surface area (Å²) in [5.41, 5.74) is 4.53. The van der Waals surface area contributed by atoms with Gasteiger partial charge < -0.3 is 9.80 Å². The van der Waals surface area contributed by atoms with Gasteiger partial charge in [-0.15, -0.1) is 0 Å². The molecule has 0 aliphatic carbocycles. The van der Waals surface area contributed by atoms with Crippen LogP contribution in [-0.4, -0.2) is 49.3 Å². The zero-order valence-corrected chi connectivity index (χ0v) is 15.7. The quantitative estimate of drug-likeness (QED) is 0.612. The third-order valence-electron chi connectivity index (χ3n) is 4.90. The number of quaternary nitrogens is 1. The second-order valence-corrected chi connectivity index (χ2v) is 6.61. The van der Waals surface area contributed by atoms with Crippen molar-refractivity contribution in [2.45, 2.75) is 13.8 Å². The van der Waals surface area contributed by atoms with Crippen LogP contribution in [0.15, 0.2) is 47.7 Å². The maximum absolute atomic E-state index is 14.6. The molecule has 1 aliphatic rings. The number of hydrogen-bond acceptors (Lipinski definition) is 4. The van der Waals surface area contributed by atoms with Crippen LogP contribution in [0.2, 0.25) is 0 Å². The van der Waals surface area contributed by atoms with E-state index in [9.17, 15) is 9.18 Å². The highest BCUT2D eigenvalue weighted by atomic mass is 19.1. The molecule has 0 unspecified atom stereocenters. The van der Waals surface area contributed by atoms with E-state index in [4.69, 9.17) is 0 Å². The van der Waals surface area contributed by atoms with Crippen molar-refractivity contribution in [1.82, 2.24) is 10.4 Å². The zero-order valence-electron chi connectivity index (χ0n) is 15.7. The molecule has 1 saturated heterocycles. The minimum absolute atomic E-state index is 0.266. The van der Waals surface area contributed by atoms with E-state index in [1.54, 1.807) is 42.3 Å². The molecule has 1 amide bonds. The van der Waals surface area contributed by atoms with Gasteiger partial charge in [0.25, 0.3) is 5.91 Å². The molecule has 27 heavy (non-hydrogen) atoms. The van der Waals surface area contributed by atoms with E-state index in [0.717, 1.165) is 32.7 Å². The smallest absolute Gasteiger partial charge is 0.289 e. The normalized spacial score (nSPS) is 15.7. The third kappa shape index (κ3) is 4.68. The highest BCUT2D eigenvalue weighted by Gasteiger charge is 2.21. The lowest BCUT2D eigenvalue weighted by Gasteiger charge is -2.33. The van der Waals surface area contributed by atoms with Crippen LogP contribution in [0.25, 0.3) is 0 Å². The summed E-state index contributed by atoms with van der Waals surface area (Å²) in [4.78, 5) is 19.6. The highest BCUT2D eigenvalue weighted by Crippen LogP contribution is 2.21. The number of piperazine rings is 1. The average Bonchev–Trinajstić information content (AvgIpc) is 2.72. The number of pyridine rings is 1. The number of anilines is 1. The summed E-state index contributed by atoms with van der Waals surface area (Å²) >= 11 is 0. The highest BCUT2D eigenvalue weighted by molar-refractivity contribution is 6.00. The number of likely N-dealkylation sites (N-methyl/N-ethyl adjacent to an activating group) is 1. The minimum atomic E-state index is -0.400. The fourth-order valence-corrected chi connectivity index (χ4v) is 3.16. The first kappa shape index (κ1) is 19.0. The van der Waals surface area contributed by atoms with Crippen molar-refractivity contribution in [3.05, 3.63) is 59.7 Å². The summed E-state index contributed by atoms with van der Waals surface area (Å²) in [6.07, 6.45) is 1.54. The molecule has 7 heteroatoms. The van der Waals surface area contributed by atoms with Crippen LogP contribution in [0, 0.1) is 5.82 Å². The summed E-state index contributed by atoms with van der Waals surface area (Å²) in [6.45, 7) is 8.77. The fraction of sp³-hybridized carbons (Fsp3) is 0.350. The SMILES string of the molecule is CC[NH+]1CCN(c2ccc(/C(C)=N\NC(=O)c3ccccn3)cc2F)CC1. The number of hydrazone groups is 1. The number of aromatic nitrogens is 1. The van der Waals surface area contributed by atoms with Gasteiger partial charge in [0.05, 0.1) is 44.1 Å². The standard InChI is InChI=1S/C20H24FN5O/c1-3-25-10-12-26(13-11-25)19-8-7-16(14-17(19)21)15(2)23-24-20(27)18-6-4-5-9-22-18/h4-9,14H,3,10-13H2,1-2H3,(H,24,27)/p+1/b23-15-. The number of carbonyl (C=O) groups is 1. The first-order valence-corrected chi connectivity index (χ1v) is 9.22. The summed E-state index contributed by atoms with van der Waals surface area (Å²) in [7, 11) is 0. The molecule has 0 bridgehead atoms. The van der Waals surface area contributed by atoms with Crippen molar-refractivity contribution < 1.29 is 14.1 Å². The fourth-order valence-electron chi connectivity index (χ4n) is 3.16. The number of carbonyl (C=O) groups excluding carboxylic acids is 1. The molecule has 6 nitrogen and oxygen atoms in total. The van der Waals surface area contributed by atoms with Crippen LogP contribution in [-0.2, 0) is 0 Å². The predicted octanol–water partition coefficient (Wildman–Crippen LogP) is 1.10. The van der Waals surface area contributed by atoms with Gasteiger partial charge in [-0.1, -0.05) is 12.1 Å². The van der Waals surface area contributed by atoms with Crippen molar-refractivity contribution >= 4 is 17.3 Å². The zero-order chi connectivity index (χ0) is 19.2. The Morgan fingerprint density at radius 2 is 2.07 bits per heavy atom. The molecule has 2 N–H and O–H groups in total. The van der Waals surface area contributed by atoms with Crippen molar-refractivity contribution in [2.24, 2.45) is 5.10 Å². The maximum Gasteiger partial charge on any atom is 0.289 e. The molecule has 1 aliphatic heterocycles. The number of nitrogens with one attached hydrogen (secondary N) is 2. The Balaban J connectivity index is 1.66. The third-order valence-corrected chi connectivity index (χ3v) is 4.90. The number of rotatable bonds is 5. The van der Waals surface area contributed by atoms with Crippen LogP contribution in [0.4, 0.5) is 10.1 Å². The lowest BCUT2D eigenvalue weighted by Crippen LogP contribution is -3.14. The van der Waals surface area contributed by atoms with E-state index >= 15 is 0 Å². The van der Waals surface area contributed by atoms with E-state index in [2.05, 4.69) is 27.3 Å². The van der Waals surface area contributed by atoms with Crippen molar-refractivity contribution in [3.8, 4) is 0 Å². The van der Waals surface area contributed by atoms with Gasteiger partial charge in [-0.3, -0.25) is 9.78 Å². The van der Waals surface area contributed by atoms with Crippen LogP contribution < -0.4 is 15.2 Å². The molecule has 3 rings (SSSR count). The van der Waals surface area contributed by atoms with Gasteiger partial charge in [0.15, 0.2) is 0 Å². The van der Waals surface area contributed by atoms with E-state index < -0.39 is 5.91 Å². The summed E-state index contributed by atoms with van der Waals surface area (Å²) < 4.78 is 14.6. The molecule has 1 aromatic heterocycles. The van der Waals surface area contributed by atoms with E-state index in [1.165, 1.54) is 6.07 Å². The van der Waals surface area contributed by atoms with Gasteiger partial charge in [-0.2, -0.15) is 5.10 Å². The molecular formula is C20H25FN5O+. The van der Waals surface area contributed by atoms with Crippen LogP contribution in [0.5, 0.6) is 0 Å². The van der Waals surface area contributed by atoms with E-state index in [1.807, 2.05) is 6.07 Å². The van der Waals surface area contributed by atoms with Gasteiger partial charge in [-0.05, 0) is 38.1 Å². The molecule has 0 saturated carbocycles. The molecule has 0 atom stereocenters. The average molecular weight is 370 g/mol.